The summed E-state index contributed by atoms with van der Waals surface area (Å²) in [5, 5.41) is 3.80. The van der Waals surface area contributed by atoms with Crippen molar-refractivity contribution in [2.24, 2.45) is 0 Å². The minimum absolute atomic E-state index is 0.205. The summed E-state index contributed by atoms with van der Waals surface area (Å²) in [6.45, 7) is 7.28. The molecule has 1 aliphatic rings. The van der Waals surface area contributed by atoms with Gasteiger partial charge in [0.15, 0.2) is 0 Å². The molecule has 3 aromatic carbocycles. The summed E-state index contributed by atoms with van der Waals surface area (Å²) in [7, 11) is 0. The number of nitrogens with zero attached hydrogens (tertiary/aromatic N) is 3. The molecule has 0 radical (unpaired) electrons. The summed E-state index contributed by atoms with van der Waals surface area (Å²) in [6.07, 6.45) is -4.34. The summed E-state index contributed by atoms with van der Waals surface area (Å²) in [5.41, 5.74) is 11.8. The number of amides is 1. The van der Waals surface area contributed by atoms with Crippen molar-refractivity contribution in [2.75, 3.05) is 42.1 Å². The second-order valence-corrected chi connectivity index (χ2v) is 9.89. The number of alkyl halides is 3. The summed E-state index contributed by atoms with van der Waals surface area (Å²) in [5.74, 6) is -0.205. The number of nitrogen functional groups attached to an aromatic ring is 1. The monoisotopic (exact) mass is 533 g/mol. The predicted molar refractivity (Wildman–Crippen MR) is 149 cm³/mol. The number of aryl methyl sites for hydroxylation is 1. The third kappa shape index (κ3) is 5.68. The Morgan fingerprint density at radius 1 is 0.974 bits per heavy atom. The number of anilines is 3. The van der Waals surface area contributed by atoms with Crippen molar-refractivity contribution in [3.63, 3.8) is 0 Å². The van der Waals surface area contributed by atoms with Crippen molar-refractivity contribution in [3.05, 3.63) is 94.7 Å². The first kappa shape index (κ1) is 26.5. The minimum atomic E-state index is -4.34. The number of carbonyl (C=O) groups excluding carboxylic acids is 1. The van der Waals surface area contributed by atoms with Crippen LogP contribution < -0.4 is 16.0 Å². The zero-order chi connectivity index (χ0) is 27.7. The van der Waals surface area contributed by atoms with Crippen LogP contribution >= 0.6 is 0 Å². The third-order valence-electron chi connectivity index (χ3n) is 7.37. The van der Waals surface area contributed by atoms with Gasteiger partial charge < -0.3 is 16.0 Å². The number of hydrogen-bond donors (Lipinski definition) is 2. The molecular formula is C30H30F3N5O. The van der Waals surface area contributed by atoms with Gasteiger partial charge in [-0.15, -0.1) is 0 Å². The van der Waals surface area contributed by atoms with Gasteiger partial charge in [0.1, 0.15) is 0 Å². The highest BCUT2D eigenvalue weighted by Gasteiger charge is 2.30. The molecule has 9 heteroatoms. The Bertz CT molecular complexity index is 1510. The van der Waals surface area contributed by atoms with E-state index in [-0.39, 0.29) is 5.91 Å². The summed E-state index contributed by atoms with van der Waals surface area (Å²) in [6, 6.07) is 18.4. The normalized spacial score (nSPS) is 14.5. The topological polar surface area (TPSA) is 74.5 Å². The average molecular weight is 534 g/mol. The van der Waals surface area contributed by atoms with E-state index in [1.165, 1.54) is 12.1 Å². The fourth-order valence-electron chi connectivity index (χ4n) is 4.93. The molecule has 1 aromatic heterocycles. The fourth-order valence-corrected chi connectivity index (χ4v) is 4.93. The van der Waals surface area contributed by atoms with Crippen LogP contribution in [-0.4, -0.2) is 42.0 Å². The number of halogens is 3. The number of rotatable bonds is 5. The maximum absolute atomic E-state index is 13.3. The molecule has 5 rings (SSSR count). The maximum Gasteiger partial charge on any atom is 0.416 e. The maximum atomic E-state index is 13.3. The first-order chi connectivity index (χ1) is 18.6. The Kier molecular flexibility index (Phi) is 7.18. The number of nitrogens with one attached hydrogen (secondary N) is 1. The van der Waals surface area contributed by atoms with Crippen LogP contribution in [0.15, 0.2) is 66.7 Å². The van der Waals surface area contributed by atoms with E-state index < -0.39 is 11.7 Å². The van der Waals surface area contributed by atoms with E-state index in [0.717, 1.165) is 58.6 Å². The molecule has 6 nitrogen and oxygen atoms in total. The van der Waals surface area contributed by atoms with Crippen LogP contribution in [0.2, 0.25) is 0 Å². The molecule has 0 saturated carbocycles. The largest absolute Gasteiger partial charge is 0.416 e. The van der Waals surface area contributed by atoms with E-state index in [1.54, 1.807) is 0 Å². The highest BCUT2D eigenvalue weighted by atomic mass is 19.4. The van der Waals surface area contributed by atoms with Gasteiger partial charge in [-0.05, 0) is 73.5 Å². The zero-order valence-electron chi connectivity index (χ0n) is 21.8. The third-order valence-corrected chi connectivity index (χ3v) is 7.37. The second kappa shape index (κ2) is 10.6. The van der Waals surface area contributed by atoms with Crippen LogP contribution in [-0.2, 0) is 12.7 Å². The van der Waals surface area contributed by atoms with Crippen molar-refractivity contribution in [3.8, 4) is 0 Å². The summed E-state index contributed by atoms with van der Waals surface area (Å²) in [4.78, 5) is 22.2. The van der Waals surface area contributed by atoms with Gasteiger partial charge in [-0.1, -0.05) is 18.2 Å². The molecule has 4 aromatic rings. The van der Waals surface area contributed by atoms with Gasteiger partial charge in [-0.3, -0.25) is 14.7 Å². The van der Waals surface area contributed by atoms with Crippen LogP contribution in [0.5, 0.6) is 0 Å². The lowest BCUT2D eigenvalue weighted by Crippen LogP contribution is -2.46. The van der Waals surface area contributed by atoms with Crippen LogP contribution in [0, 0.1) is 13.8 Å². The van der Waals surface area contributed by atoms with Crippen LogP contribution in [0.1, 0.15) is 32.7 Å². The van der Waals surface area contributed by atoms with Crippen LogP contribution in [0.3, 0.4) is 0 Å². The number of fused-ring (bicyclic) bond motifs is 1. The van der Waals surface area contributed by atoms with E-state index in [4.69, 9.17) is 5.73 Å². The molecule has 2 heterocycles. The molecule has 1 fully saturated rings. The quantitative estimate of drug-likeness (QED) is 0.328. The molecule has 0 unspecified atom stereocenters. The molecule has 1 aliphatic heterocycles. The van der Waals surface area contributed by atoms with Crippen molar-refractivity contribution in [2.45, 2.75) is 26.6 Å². The molecule has 0 aliphatic carbocycles. The van der Waals surface area contributed by atoms with E-state index in [0.29, 0.717) is 36.6 Å². The molecule has 0 bridgehead atoms. The lowest BCUT2D eigenvalue weighted by molar-refractivity contribution is -0.137. The molecule has 1 saturated heterocycles. The van der Waals surface area contributed by atoms with Crippen LogP contribution in [0.25, 0.3) is 10.9 Å². The number of nitrogens with two attached hydrogens (primary N) is 1. The van der Waals surface area contributed by atoms with Gasteiger partial charge in [0, 0.05) is 66.4 Å². The van der Waals surface area contributed by atoms with Crippen molar-refractivity contribution >= 4 is 33.9 Å². The average Bonchev–Trinajstić information content (AvgIpc) is 2.92. The minimum Gasteiger partial charge on any atom is -0.398 e. The lowest BCUT2D eigenvalue weighted by atomic mass is 10.0. The van der Waals surface area contributed by atoms with Gasteiger partial charge in [0.25, 0.3) is 5.91 Å². The Morgan fingerprint density at radius 2 is 1.67 bits per heavy atom. The molecular weight excluding hydrogens is 503 g/mol. The lowest BCUT2D eigenvalue weighted by Gasteiger charge is -2.36. The number of carbonyl (C=O) groups is 1. The number of benzene rings is 3. The Morgan fingerprint density at radius 3 is 2.36 bits per heavy atom. The predicted octanol–water partition coefficient (Wildman–Crippen LogP) is 6.03. The highest BCUT2D eigenvalue weighted by Crippen LogP contribution is 2.31. The molecule has 0 spiro atoms. The van der Waals surface area contributed by atoms with E-state index in [1.807, 2.05) is 56.3 Å². The van der Waals surface area contributed by atoms with Crippen molar-refractivity contribution in [1.82, 2.24) is 9.88 Å². The van der Waals surface area contributed by atoms with Gasteiger partial charge >= 0.3 is 6.18 Å². The number of pyridine rings is 1. The Hall–Kier alpha value is -4.11. The van der Waals surface area contributed by atoms with Gasteiger partial charge in [0.2, 0.25) is 0 Å². The molecule has 202 valence electrons. The van der Waals surface area contributed by atoms with Gasteiger partial charge in [-0.2, -0.15) is 13.2 Å². The second-order valence-electron chi connectivity index (χ2n) is 9.89. The summed E-state index contributed by atoms with van der Waals surface area (Å²) < 4.78 is 38.6. The molecule has 39 heavy (non-hydrogen) atoms. The Labute approximate surface area is 225 Å². The van der Waals surface area contributed by atoms with E-state index >= 15 is 0 Å². The van der Waals surface area contributed by atoms with Crippen molar-refractivity contribution < 1.29 is 18.0 Å². The standard InChI is InChI=1S/C30H30F3N5O/c1-19-20(2)35-27-12-9-23(17-26(27)28(19)34)36-29(39)25-6-4-3-5-21(25)18-37-13-15-38(16-14-37)24-10-7-22(8-11-24)30(31,32)33/h3-12,17H,13-16,18H2,1-2H3,(H2,34,35)(H,36,39). The first-order valence-corrected chi connectivity index (χ1v) is 12.8. The van der Waals surface area contributed by atoms with E-state index in [2.05, 4.69) is 20.1 Å². The smallest absolute Gasteiger partial charge is 0.398 e. The van der Waals surface area contributed by atoms with Gasteiger partial charge in [-0.25, -0.2) is 0 Å². The molecule has 3 N–H and O–H groups in total. The zero-order valence-corrected chi connectivity index (χ0v) is 21.8. The van der Waals surface area contributed by atoms with Crippen LogP contribution in [0.4, 0.5) is 30.2 Å². The van der Waals surface area contributed by atoms with Crippen molar-refractivity contribution in [1.29, 1.82) is 0 Å². The number of aromatic nitrogens is 1. The molecule has 0 atom stereocenters. The van der Waals surface area contributed by atoms with E-state index in [9.17, 15) is 18.0 Å². The number of hydrogen-bond acceptors (Lipinski definition) is 5. The SMILES string of the molecule is Cc1nc2ccc(NC(=O)c3ccccc3CN3CCN(c4ccc(C(F)(F)F)cc4)CC3)cc2c(N)c1C. The highest BCUT2D eigenvalue weighted by molar-refractivity contribution is 6.06. The summed E-state index contributed by atoms with van der Waals surface area (Å²) >= 11 is 0. The Balaban J connectivity index is 1.25. The first-order valence-electron chi connectivity index (χ1n) is 12.8. The fraction of sp³-hybridized carbons (Fsp3) is 0.267. The molecule has 1 amide bonds. The number of piperazine rings is 1. The van der Waals surface area contributed by atoms with Gasteiger partial charge in [0.05, 0.1) is 11.1 Å².